The van der Waals surface area contributed by atoms with Crippen molar-refractivity contribution < 1.29 is 29.0 Å². The van der Waals surface area contributed by atoms with Crippen molar-refractivity contribution in [2.45, 2.75) is 96.0 Å². The molecule has 1 aliphatic heterocycles. The molecule has 2 fully saturated rings. The fourth-order valence-corrected chi connectivity index (χ4v) is 5.31. The van der Waals surface area contributed by atoms with Gasteiger partial charge in [-0.25, -0.2) is 4.79 Å². The quantitative estimate of drug-likeness (QED) is 0.421. The Kier molecular flexibility index (Phi) is 8.35. The highest BCUT2D eigenvalue weighted by Crippen LogP contribution is 2.38. The Labute approximate surface area is 184 Å². The summed E-state index contributed by atoms with van der Waals surface area (Å²) in [4.78, 5) is 38.5. The molecule has 31 heavy (non-hydrogen) atoms. The van der Waals surface area contributed by atoms with E-state index >= 15 is 0 Å². The molecule has 2 N–H and O–H groups in total. The van der Waals surface area contributed by atoms with Crippen molar-refractivity contribution in [3.8, 4) is 0 Å². The van der Waals surface area contributed by atoms with E-state index in [1.807, 2.05) is 12.2 Å². The maximum atomic E-state index is 13.3. The van der Waals surface area contributed by atoms with Gasteiger partial charge in [-0.15, -0.1) is 0 Å². The van der Waals surface area contributed by atoms with Gasteiger partial charge in [-0.2, -0.15) is 0 Å². The molecule has 5 atom stereocenters. The molecule has 8 nitrogen and oxygen atoms in total. The summed E-state index contributed by atoms with van der Waals surface area (Å²) in [6.07, 6.45) is 10.8. The fourth-order valence-electron chi connectivity index (χ4n) is 5.31. The van der Waals surface area contributed by atoms with Gasteiger partial charge in [0.15, 0.2) is 6.23 Å². The van der Waals surface area contributed by atoms with Crippen LogP contribution in [0.5, 0.6) is 0 Å². The van der Waals surface area contributed by atoms with Crippen LogP contribution in [0, 0.1) is 11.8 Å². The number of ether oxygens (including phenoxy) is 2. The molecule has 1 saturated heterocycles. The molecule has 3 aliphatic rings. The third-order valence-corrected chi connectivity index (χ3v) is 6.86. The van der Waals surface area contributed by atoms with Gasteiger partial charge in [0.1, 0.15) is 6.04 Å². The number of allylic oxidation sites excluding steroid dienone is 1. The summed E-state index contributed by atoms with van der Waals surface area (Å²) in [5, 5.41) is 12.3. The Morgan fingerprint density at radius 3 is 2.65 bits per heavy atom. The van der Waals surface area contributed by atoms with Crippen molar-refractivity contribution >= 4 is 18.0 Å². The highest BCUT2D eigenvalue weighted by Gasteiger charge is 2.47. The van der Waals surface area contributed by atoms with Gasteiger partial charge in [0, 0.05) is 6.42 Å². The molecule has 0 bridgehead atoms. The monoisotopic (exact) mass is 436 g/mol. The van der Waals surface area contributed by atoms with Crippen molar-refractivity contribution in [3.05, 3.63) is 12.2 Å². The van der Waals surface area contributed by atoms with Crippen molar-refractivity contribution in [1.29, 1.82) is 0 Å². The number of carboxylic acid groups (broad SMARTS) is 1. The largest absolute Gasteiger partial charge is 0.507 e. The van der Waals surface area contributed by atoms with Gasteiger partial charge < -0.3 is 14.6 Å². The molecule has 3 rings (SSSR count). The van der Waals surface area contributed by atoms with E-state index < -0.39 is 24.5 Å². The van der Waals surface area contributed by atoms with Crippen LogP contribution in [0.25, 0.3) is 0 Å². The molecular weight excluding hydrogens is 400 g/mol. The van der Waals surface area contributed by atoms with Crippen molar-refractivity contribution in [2.24, 2.45) is 11.8 Å². The number of hydrogen-bond acceptors (Lipinski definition) is 6. The topological polar surface area (TPSA) is 105 Å². The first-order valence-corrected chi connectivity index (χ1v) is 11.7. The average Bonchev–Trinajstić information content (AvgIpc) is 3.31. The minimum atomic E-state index is -1.38. The van der Waals surface area contributed by atoms with E-state index in [9.17, 15) is 14.4 Å². The van der Waals surface area contributed by atoms with Crippen LogP contribution in [0.2, 0.25) is 0 Å². The molecule has 1 amide bonds. The summed E-state index contributed by atoms with van der Waals surface area (Å²) in [5.74, 6) is 0.205. The van der Waals surface area contributed by atoms with Crippen molar-refractivity contribution in [2.75, 3.05) is 6.61 Å². The summed E-state index contributed by atoms with van der Waals surface area (Å²) in [6, 6.07) is -1.38. The number of hydrogen-bond donors (Lipinski definition) is 2. The molecule has 0 aromatic rings. The number of amides is 1. The molecule has 0 aromatic heterocycles. The van der Waals surface area contributed by atoms with Gasteiger partial charge in [0.25, 0.3) is 0 Å². The average molecular weight is 437 g/mol. The van der Waals surface area contributed by atoms with Crippen LogP contribution in [0.15, 0.2) is 12.2 Å². The number of carbonyl (C=O) groups excluding carboxylic acids is 2. The number of nitrogens with zero attached hydrogens (tertiary/aromatic N) is 1. The van der Waals surface area contributed by atoms with Crippen molar-refractivity contribution in [1.82, 2.24) is 10.2 Å². The minimum Gasteiger partial charge on any atom is -0.465 e. The van der Waals surface area contributed by atoms with E-state index in [4.69, 9.17) is 14.6 Å². The first-order chi connectivity index (χ1) is 14.9. The molecule has 174 valence electrons. The van der Waals surface area contributed by atoms with Gasteiger partial charge in [-0.05, 0) is 44.9 Å². The van der Waals surface area contributed by atoms with Gasteiger partial charge in [-0.1, -0.05) is 44.3 Å². The zero-order valence-corrected chi connectivity index (χ0v) is 18.6. The van der Waals surface area contributed by atoms with Gasteiger partial charge in [0.2, 0.25) is 5.91 Å². The van der Waals surface area contributed by atoms with Crippen LogP contribution < -0.4 is 5.32 Å². The molecule has 0 aromatic carbocycles. The maximum Gasteiger partial charge on any atom is 0.507 e. The van der Waals surface area contributed by atoms with E-state index in [1.165, 1.54) is 37.0 Å². The Hall–Kier alpha value is -2.09. The molecule has 1 saturated carbocycles. The zero-order valence-electron chi connectivity index (χ0n) is 18.6. The second kappa shape index (κ2) is 11.0. The van der Waals surface area contributed by atoms with Crippen LogP contribution in [0.4, 0.5) is 4.79 Å². The van der Waals surface area contributed by atoms with Crippen LogP contribution in [0.1, 0.15) is 71.6 Å². The van der Waals surface area contributed by atoms with Crippen LogP contribution in [-0.4, -0.2) is 59.0 Å². The van der Waals surface area contributed by atoms with Crippen LogP contribution in [-0.2, 0) is 19.1 Å². The molecule has 0 spiro atoms. The highest BCUT2D eigenvalue weighted by molar-refractivity contribution is 5.84. The SMILES string of the molecule is CCOC(=O)[C@H](CCC1CCCCC1)N[C@@H](C)C(=O)N1[C@@H](OC(=O)O)C[C@H]2CC=C[C@@H]21. The molecule has 2 aliphatic carbocycles. The van der Waals surface area contributed by atoms with Gasteiger partial charge in [0.05, 0.1) is 18.7 Å². The number of nitrogens with one attached hydrogen (secondary N) is 1. The number of fused-ring (bicyclic) bond motifs is 1. The number of rotatable bonds is 9. The Morgan fingerprint density at radius 1 is 1.23 bits per heavy atom. The maximum absolute atomic E-state index is 13.3. The van der Waals surface area contributed by atoms with Gasteiger partial charge >= 0.3 is 12.1 Å². The second-order valence-corrected chi connectivity index (χ2v) is 9.01. The van der Waals surface area contributed by atoms with Gasteiger partial charge in [-0.3, -0.25) is 19.8 Å². The lowest BCUT2D eigenvalue weighted by Gasteiger charge is -2.32. The lowest BCUT2D eigenvalue weighted by molar-refractivity contribution is -0.147. The molecular formula is C23H36N2O6. The highest BCUT2D eigenvalue weighted by atomic mass is 16.7. The summed E-state index contributed by atoms with van der Waals surface area (Å²) >= 11 is 0. The van der Waals surface area contributed by atoms with E-state index in [-0.39, 0.29) is 30.4 Å². The Balaban J connectivity index is 1.64. The van der Waals surface area contributed by atoms with E-state index in [0.29, 0.717) is 18.8 Å². The predicted molar refractivity (Wildman–Crippen MR) is 114 cm³/mol. The summed E-state index contributed by atoms with van der Waals surface area (Å²) < 4.78 is 10.3. The number of carbonyl (C=O) groups is 3. The normalized spacial score (nSPS) is 27.5. The summed E-state index contributed by atoms with van der Waals surface area (Å²) in [5.41, 5.74) is 0. The predicted octanol–water partition coefficient (Wildman–Crippen LogP) is 3.45. The summed E-state index contributed by atoms with van der Waals surface area (Å²) in [7, 11) is 0. The Bertz CT molecular complexity index is 675. The third kappa shape index (κ3) is 5.99. The van der Waals surface area contributed by atoms with E-state index in [0.717, 1.165) is 12.8 Å². The van der Waals surface area contributed by atoms with E-state index in [2.05, 4.69) is 5.32 Å². The fraction of sp³-hybridized carbons (Fsp3) is 0.783. The molecule has 8 heteroatoms. The lowest BCUT2D eigenvalue weighted by Crippen LogP contribution is -2.54. The number of esters is 1. The zero-order chi connectivity index (χ0) is 22.4. The standard InChI is InChI=1S/C23H36N2O6/c1-3-30-22(27)18(13-12-16-8-5-4-6-9-16)24-15(2)21(26)25-19-11-7-10-17(19)14-20(25)31-23(28)29/h7,11,15-20,24H,3-6,8-10,12-14H2,1-2H3,(H,28,29)/t15-,17+,18-,19-,20-/m0/s1. The lowest BCUT2D eigenvalue weighted by atomic mass is 9.85. The summed E-state index contributed by atoms with van der Waals surface area (Å²) in [6.45, 7) is 3.78. The second-order valence-electron chi connectivity index (χ2n) is 9.01. The third-order valence-electron chi connectivity index (χ3n) is 6.86. The minimum absolute atomic E-state index is 0.163. The Morgan fingerprint density at radius 2 is 1.97 bits per heavy atom. The number of likely N-dealkylation sites (tertiary alicyclic amines) is 1. The smallest absolute Gasteiger partial charge is 0.465 e. The van der Waals surface area contributed by atoms with E-state index in [1.54, 1.807) is 13.8 Å². The van der Waals surface area contributed by atoms with Crippen LogP contribution in [0.3, 0.4) is 0 Å². The molecule has 1 heterocycles. The first-order valence-electron chi connectivity index (χ1n) is 11.7. The first kappa shape index (κ1) is 23.6. The van der Waals surface area contributed by atoms with Crippen molar-refractivity contribution in [3.63, 3.8) is 0 Å². The van der Waals surface area contributed by atoms with Crippen LogP contribution >= 0.6 is 0 Å². The molecule has 0 unspecified atom stereocenters. The molecule has 0 radical (unpaired) electrons.